The molecule has 1 aromatic heterocycles. The Kier molecular flexibility index (Phi) is 10.9. The number of phenols is 2. The third-order valence-electron chi connectivity index (χ3n) is 7.50. The number of aromatic nitrogens is 1. The van der Waals surface area contributed by atoms with Crippen molar-refractivity contribution in [3.63, 3.8) is 0 Å². The number of benzene rings is 2. The Labute approximate surface area is 251 Å². The summed E-state index contributed by atoms with van der Waals surface area (Å²) >= 11 is 0. The fourth-order valence-corrected chi connectivity index (χ4v) is 5.19. The fraction of sp³-hybridized carbons (Fsp3) is 0.353. The van der Waals surface area contributed by atoms with Crippen molar-refractivity contribution in [2.45, 2.75) is 70.4 Å². The number of esters is 1. The molecule has 0 fully saturated rings. The molecule has 4 rings (SSSR count). The van der Waals surface area contributed by atoms with E-state index in [4.69, 9.17) is 9.47 Å². The maximum atomic E-state index is 13.5. The number of pyridine rings is 1. The van der Waals surface area contributed by atoms with Crippen molar-refractivity contribution in [2.75, 3.05) is 7.11 Å². The van der Waals surface area contributed by atoms with Gasteiger partial charge in [-0.2, -0.15) is 0 Å². The molecule has 0 saturated carbocycles. The van der Waals surface area contributed by atoms with Crippen LogP contribution in [0.4, 0.5) is 0 Å². The van der Waals surface area contributed by atoms with Crippen LogP contribution >= 0.6 is 0 Å². The molecule has 0 saturated heterocycles. The number of fused-ring (bicyclic) bond motifs is 1. The Morgan fingerprint density at radius 1 is 1.12 bits per heavy atom. The minimum atomic E-state index is -0.812. The predicted octanol–water partition coefficient (Wildman–Crippen LogP) is 5.82. The molecule has 0 bridgehead atoms. The summed E-state index contributed by atoms with van der Waals surface area (Å²) in [4.78, 5) is 43.0. The number of ether oxygens (including phenoxy) is 2. The first-order valence-corrected chi connectivity index (χ1v) is 14.6. The van der Waals surface area contributed by atoms with Crippen LogP contribution in [-0.2, 0) is 20.9 Å². The van der Waals surface area contributed by atoms with E-state index in [0.29, 0.717) is 55.5 Å². The number of Topliss-reactive ketones (excluding diaryl/α,β-unsaturated/α-hetero) is 1. The van der Waals surface area contributed by atoms with Crippen molar-refractivity contribution in [3.8, 4) is 17.2 Å². The van der Waals surface area contributed by atoms with E-state index in [1.54, 1.807) is 68.8 Å². The van der Waals surface area contributed by atoms with Gasteiger partial charge in [0.15, 0.2) is 0 Å². The maximum Gasteiger partial charge on any atom is 0.342 e. The quantitative estimate of drug-likeness (QED) is 0.295. The van der Waals surface area contributed by atoms with Crippen LogP contribution in [0.5, 0.6) is 17.2 Å². The van der Waals surface area contributed by atoms with Crippen LogP contribution in [0, 0.1) is 0 Å². The molecule has 1 aliphatic heterocycles. The Morgan fingerprint density at radius 3 is 2.60 bits per heavy atom. The van der Waals surface area contributed by atoms with E-state index in [-0.39, 0.29) is 47.1 Å². The normalized spacial score (nSPS) is 17.6. The number of rotatable bonds is 7. The first-order chi connectivity index (χ1) is 20.8. The molecule has 0 aliphatic carbocycles. The van der Waals surface area contributed by atoms with Crippen LogP contribution < -0.4 is 10.1 Å². The smallest absolute Gasteiger partial charge is 0.342 e. The summed E-state index contributed by atoms with van der Waals surface area (Å²) in [6.45, 7) is 1.95. The average Bonchev–Trinajstić information content (AvgIpc) is 2.99. The molecule has 2 atom stereocenters. The number of hydrogen-bond acceptors (Lipinski definition) is 8. The maximum absolute atomic E-state index is 13.5. The molecule has 9 heteroatoms. The first-order valence-electron chi connectivity index (χ1n) is 14.6. The highest BCUT2D eigenvalue weighted by Crippen LogP contribution is 2.44. The second-order valence-corrected chi connectivity index (χ2v) is 10.7. The molecule has 0 spiro atoms. The largest absolute Gasteiger partial charge is 0.507 e. The van der Waals surface area contributed by atoms with Gasteiger partial charge in [-0.15, -0.1) is 0 Å². The van der Waals surface area contributed by atoms with Gasteiger partial charge < -0.3 is 25.0 Å². The summed E-state index contributed by atoms with van der Waals surface area (Å²) in [5, 5.41) is 25.8. The number of carbonyl (C=O) groups is 3. The Hall–Kier alpha value is -4.66. The zero-order valence-electron chi connectivity index (χ0n) is 24.5. The number of allylic oxidation sites excluding steroid dienone is 1. The summed E-state index contributed by atoms with van der Waals surface area (Å²) in [6, 6.07) is 13.8. The minimum absolute atomic E-state index is 0.0432. The van der Waals surface area contributed by atoms with Gasteiger partial charge in [0, 0.05) is 36.9 Å². The van der Waals surface area contributed by atoms with Gasteiger partial charge >= 0.3 is 5.97 Å². The first kappa shape index (κ1) is 31.3. The highest BCUT2D eigenvalue weighted by atomic mass is 16.5. The van der Waals surface area contributed by atoms with Crippen LogP contribution in [0.25, 0.3) is 6.08 Å². The lowest BCUT2D eigenvalue weighted by molar-refractivity contribution is -0.121. The highest BCUT2D eigenvalue weighted by molar-refractivity contribution is 5.98. The number of hydrogen-bond donors (Lipinski definition) is 3. The van der Waals surface area contributed by atoms with E-state index < -0.39 is 23.7 Å². The Bertz CT molecular complexity index is 1450. The van der Waals surface area contributed by atoms with E-state index >= 15 is 0 Å². The van der Waals surface area contributed by atoms with Gasteiger partial charge in [-0.3, -0.25) is 14.6 Å². The standard InChI is InChI=1S/C34H38N2O7/c1-22-9-8-13-26(37)12-5-3-4-10-24-19-29(38)32(33(40)31(24)34(41)43-22)28(23-14-16-27(42-2)17-15-23)20-30(39)36-21-25-11-6-7-18-35-25/h4,6-7,10-11,14-19,22,28,38,40H,3,5,8-9,12-13,20-21H2,1-2H3,(H,36,39)/b10-4+/t22-,28?/m0/s1. The fourth-order valence-electron chi connectivity index (χ4n) is 5.19. The van der Waals surface area contributed by atoms with Crippen molar-refractivity contribution in [2.24, 2.45) is 0 Å². The summed E-state index contributed by atoms with van der Waals surface area (Å²) in [7, 11) is 1.54. The zero-order chi connectivity index (χ0) is 30.8. The second-order valence-electron chi connectivity index (χ2n) is 10.7. The Morgan fingerprint density at radius 2 is 1.88 bits per heavy atom. The van der Waals surface area contributed by atoms with Crippen LogP contribution in [0.2, 0.25) is 0 Å². The summed E-state index contributed by atoms with van der Waals surface area (Å²) in [5.41, 5.74) is 1.55. The van der Waals surface area contributed by atoms with Gasteiger partial charge in [0.2, 0.25) is 5.91 Å². The Balaban J connectivity index is 1.74. The monoisotopic (exact) mass is 586 g/mol. The number of amides is 1. The van der Waals surface area contributed by atoms with E-state index in [1.807, 2.05) is 6.07 Å². The number of ketones is 1. The van der Waals surface area contributed by atoms with E-state index in [2.05, 4.69) is 10.3 Å². The zero-order valence-corrected chi connectivity index (χ0v) is 24.5. The number of aromatic hydroxyl groups is 2. The third kappa shape index (κ3) is 8.44. The molecule has 2 heterocycles. The van der Waals surface area contributed by atoms with Crippen LogP contribution in [0.3, 0.4) is 0 Å². The van der Waals surface area contributed by atoms with Gasteiger partial charge in [0.25, 0.3) is 0 Å². The van der Waals surface area contributed by atoms with Crippen LogP contribution in [0.1, 0.15) is 90.5 Å². The number of nitrogens with one attached hydrogen (secondary N) is 1. The molecular weight excluding hydrogens is 548 g/mol. The lowest BCUT2D eigenvalue weighted by Gasteiger charge is -2.23. The molecule has 1 unspecified atom stereocenters. The molecule has 9 nitrogen and oxygen atoms in total. The van der Waals surface area contributed by atoms with Gasteiger partial charge in [-0.05, 0) is 74.1 Å². The summed E-state index contributed by atoms with van der Waals surface area (Å²) in [6.07, 6.45) is 7.70. The number of phenolic OH excluding ortho intramolecular Hbond substituents is 2. The third-order valence-corrected chi connectivity index (χ3v) is 7.50. The minimum Gasteiger partial charge on any atom is -0.507 e. The van der Waals surface area contributed by atoms with Gasteiger partial charge in [-0.25, -0.2) is 4.79 Å². The molecule has 43 heavy (non-hydrogen) atoms. The van der Waals surface area contributed by atoms with Crippen LogP contribution in [0.15, 0.2) is 60.8 Å². The van der Waals surface area contributed by atoms with Crippen molar-refractivity contribution < 1.29 is 34.1 Å². The van der Waals surface area contributed by atoms with E-state index in [0.717, 1.165) is 0 Å². The molecule has 3 N–H and O–H groups in total. The van der Waals surface area contributed by atoms with Crippen LogP contribution in [-0.4, -0.2) is 46.1 Å². The SMILES string of the molecule is COc1ccc(C(CC(=O)NCc2ccccn2)c2c(O)cc3c(c2O)C(=O)O[C@@H](C)CCCC(=O)CCC/C=C/3)cc1. The number of carbonyl (C=O) groups excluding carboxylic acids is 3. The van der Waals surface area contributed by atoms with Crippen molar-refractivity contribution >= 4 is 23.7 Å². The lowest BCUT2D eigenvalue weighted by atomic mass is 9.84. The molecule has 3 aromatic rings. The molecule has 226 valence electrons. The van der Waals surface area contributed by atoms with E-state index in [1.165, 1.54) is 6.07 Å². The topological polar surface area (TPSA) is 135 Å². The number of cyclic esters (lactones) is 1. The van der Waals surface area contributed by atoms with E-state index in [9.17, 15) is 24.6 Å². The predicted molar refractivity (Wildman–Crippen MR) is 162 cm³/mol. The lowest BCUT2D eigenvalue weighted by Crippen LogP contribution is -2.25. The highest BCUT2D eigenvalue weighted by Gasteiger charge is 2.31. The molecule has 2 aromatic carbocycles. The van der Waals surface area contributed by atoms with Gasteiger partial charge in [0.1, 0.15) is 28.6 Å². The van der Waals surface area contributed by atoms with Gasteiger partial charge in [0.05, 0.1) is 25.5 Å². The van der Waals surface area contributed by atoms with Crippen molar-refractivity contribution in [1.82, 2.24) is 10.3 Å². The van der Waals surface area contributed by atoms with Gasteiger partial charge in [-0.1, -0.05) is 30.4 Å². The number of nitrogens with zero attached hydrogens (tertiary/aromatic N) is 1. The molecule has 1 aliphatic rings. The molecule has 0 radical (unpaired) electrons. The van der Waals surface area contributed by atoms with Crippen molar-refractivity contribution in [3.05, 3.63) is 88.8 Å². The average molecular weight is 587 g/mol. The molecule has 1 amide bonds. The second kappa shape index (κ2) is 15.0. The summed E-state index contributed by atoms with van der Waals surface area (Å²) in [5.74, 6) is -1.83. The van der Waals surface area contributed by atoms with Crippen molar-refractivity contribution in [1.29, 1.82) is 0 Å². The number of methoxy groups -OCH3 is 1. The summed E-state index contributed by atoms with van der Waals surface area (Å²) < 4.78 is 11.0. The molecular formula is C34H38N2O7.